The molecular weight excluding hydrogens is 444 g/mol. The lowest BCUT2D eigenvalue weighted by Crippen LogP contribution is -2.48. The van der Waals surface area contributed by atoms with Crippen LogP contribution in [0, 0.1) is 24.2 Å². The Kier molecular flexibility index (Phi) is 6.22. The molecule has 1 saturated heterocycles. The van der Waals surface area contributed by atoms with Gasteiger partial charge in [-0.05, 0) is 87.4 Å². The molecule has 1 aromatic carbocycles. The Morgan fingerprint density at radius 1 is 1.18 bits per heavy atom. The molecule has 2 fully saturated rings. The fraction of sp³-hybridized carbons (Fsp3) is 0.630. The Labute approximate surface area is 204 Å². The maximum Gasteiger partial charge on any atom is 0.226 e. The normalized spacial score (nSPS) is 26.6. The summed E-state index contributed by atoms with van der Waals surface area (Å²) >= 11 is 0. The maximum absolute atomic E-state index is 12.0. The fourth-order valence-electron chi connectivity index (χ4n) is 6.30. The van der Waals surface area contributed by atoms with Crippen molar-refractivity contribution in [1.82, 2.24) is 15.3 Å². The van der Waals surface area contributed by atoms with Gasteiger partial charge < -0.3 is 10.2 Å². The SMILES string of the molecule is Cc1nc(N2CCC[C@H](NCCC3=CC[C@H]4C[C@@H]3C4(C)C)CC2)nc2cc(S(C)(=O)=O)ccc12. The first kappa shape index (κ1) is 23.7. The minimum atomic E-state index is -3.27. The van der Waals surface area contributed by atoms with Crippen molar-refractivity contribution in [3.05, 3.63) is 35.5 Å². The van der Waals surface area contributed by atoms with Crippen molar-refractivity contribution in [2.24, 2.45) is 17.3 Å². The van der Waals surface area contributed by atoms with Crippen LogP contribution >= 0.6 is 0 Å². The van der Waals surface area contributed by atoms with Crippen molar-refractivity contribution >= 4 is 26.7 Å². The first-order chi connectivity index (χ1) is 16.1. The standard InChI is InChI=1S/C27H38N4O2S/c1-18-23-10-9-22(34(4,32)33)17-25(23)30-26(29-18)31-14-5-6-21(12-15-31)28-13-11-19-7-8-20-16-24(19)27(20,2)3/h7,9-10,17,20-21,24,28H,5-6,8,11-16H2,1-4H3/t20-,21-,24-/m0/s1. The molecule has 3 aliphatic carbocycles. The molecule has 2 bridgehead atoms. The van der Waals surface area contributed by atoms with Crippen LogP contribution in [0.3, 0.4) is 0 Å². The third-order valence-corrected chi connectivity index (χ3v) is 9.83. The number of anilines is 1. The van der Waals surface area contributed by atoms with Gasteiger partial charge in [-0.3, -0.25) is 0 Å². The summed E-state index contributed by atoms with van der Waals surface area (Å²) in [5.41, 5.74) is 3.78. The molecule has 7 heteroatoms. The third-order valence-electron chi connectivity index (χ3n) is 8.72. The smallest absolute Gasteiger partial charge is 0.226 e. The predicted octanol–water partition coefficient (Wildman–Crippen LogP) is 4.67. The van der Waals surface area contributed by atoms with Gasteiger partial charge in [0.05, 0.1) is 16.1 Å². The van der Waals surface area contributed by atoms with E-state index in [1.165, 1.54) is 25.5 Å². The lowest BCUT2D eigenvalue weighted by molar-refractivity contribution is -0.00820. The van der Waals surface area contributed by atoms with Crippen LogP contribution in [-0.2, 0) is 9.84 Å². The molecule has 1 aliphatic heterocycles. The lowest BCUT2D eigenvalue weighted by atomic mass is 9.48. The molecule has 184 valence electrons. The van der Waals surface area contributed by atoms with Crippen molar-refractivity contribution in [3.8, 4) is 0 Å². The number of sulfone groups is 1. The van der Waals surface area contributed by atoms with E-state index in [-0.39, 0.29) is 0 Å². The summed E-state index contributed by atoms with van der Waals surface area (Å²) in [5, 5.41) is 4.74. The van der Waals surface area contributed by atoms with E-state index in [1.807, 2.05) is 13.0 Å². The van der Waals surface area contributed by atoms with E-state index in [4.69, 9.17) is 9.97 Å². The zero-order chi connectivity index (χ0) is 24.1. The summed E-state index contributed by atoms with van der Waals surface area (Å²) in [6.07, 6.45) is 10.9. The largest absolute Gasteiger partial charge is 0.341 e. The molecular formula is C27H38N4O2S. The van der Waals surface area contributed by atoms with Crippen molar-refractivity contribution in [2.45, 2.75) is 70.2 Å². The molecule has 0 spiro atoms. The highest BCUT2D eigenvalue weighted by Gasteiger charge is 2.50. The second kappa shape index (κ2) is 8.90. The van der Waals surface area contributed by atoms with Gasteiger partial charge in [-0.25, -0.2) is 18.4 Å². The summed E-state index contributed by atoms with van der Waals surface area (Å²) in [6, 6.07) is 5.66. The summed E-state index contributed by atoms with van der Waals surface area (Å²) in [4.78, 5) is 12.1. The number of nitrogens with one attached hydrogen (secondary N) is 1. The average Bonchev–Trinajstić information content (AvgIpc) is 3.04. The molecule has 0 unspecified atom stereocenters. The first-order valence-electron chi connectivity index (χ1n) is 12.8. The Hall–Kier alpha value is -1.99. The summed E-state index contributed by atoms with van der Waals surface area (Å²) in [6.45, 7) is 9.77. The van der Waals surface area contributed by atoms with E-state index >= 15 is 0 Å². The molecule has 6 nitrogen and oxygen atoms in total. The van der Waals surface area contributed by atoms with Gasteiger partial charge in [0.25, 0.3) is 0 Å². The predicted molar refractivity (Wildman–Crippen MR) is 138 cm³/mol. The van der Waals surface area contributed by atoms with Gasteiger partial charge in [0.1, 0.15) is 0 Å². The summed E-state index contributed by atoms with van der Waals surface area (Å²) < 4.78 is 24.0. The zero-order valence-corrected chi connectivity index (χ0v) is 21.8. The van der Waals surface area contributed by atoms with Gasteiger partial charge in [-0.15, -0.1) is 0 Å². The molecule has 1 saturated carbocycles. The second-order valence-electron chi connectivity index (χ2n) is 11.2. The molecule has 1 N–H and O–H groups in total. The number of benzene rings is 1. The number of hydrogen-bond acceptors (Lipinski definition) is 6. The van der Waals surface area contributed by atoms with Gasteiger partial charge in [0.15, 0.2) is 9.84 Å². The summed E-state index contributed by atoms with van der Waals surface area (Å²) in [5.74, 6) is 2.42. The number of rotatable bonds is 6. The minimum Gasteiger partial charge on any atom is -0.341 e. The minimum absolute atomic E-state index is 0.304. The van der Waals surface area contributed by atoms with E-state index in [2.05, 4.69) is 30.1 Å². The van der Waals surface area contributed by atoms with E-state index in [0.717, 1.165) is 61.8 Å². The van der Waals surface area contributed by atoms with Gasteiger partial charge >= 0.3 is 0 Å². The molecule has 0 amide bonds. The highest BCUT2D eigenvalue weighted by atomic mass is 32.2. The fourth-order valence-corrected chi connectivity index (χ4v) is 6.94. The van der Waals surface area contributed by atoms with Crippen LogP contribution < -0.4 is 10.2 Å². The Morgan fingerprint density at radius 3 is 2.74 bits per heavy atom. The Morgan fingerprint density at radius 2 is 2.00 bits per heavy atom. The topological polar surface area (TPSA) is 75.2 Å². The highest BCUT2D eigenvalue weighted by molar-refractivity contribution is 7.90. The number of hydrogen-bond donors (Lipinski definition) is 1. The van der Waals surface area contributed by atoms with E-state index in [9.17, 15) is 8.42 Å². The number of aryl methyl sites for hydroxylation is 1. The van der Waals surface area contributed by atoms with Gasteiger partial charge in [-0.2, -0.15) is 0 Å². The highest BCUT2D eigenvalue weighted by Crippen LogP contribution is 2.59. The van der Waals surface area contributed by atoms with Gasteiger partial charge in [-0.1, -0.05) is 25.5 Å². The van der Waals surface area contributed by atoms with Crippen LogP contribution in [0.2, 0.25) is 0 Å². The van der Waals surface area contributed by atoms with Crippen LogP contribution in [0.1, 0.15) is 58.1 Å². The number of nitrogens with zero attached hydrogens (tertiary/aromatic N) is 3. The van der Waals surface area contributed by atoms with Crippen molar-refractivity contribution in [1.29, 1.82) is 0 Å². The molecule has 4 aliphatic rings. The lowest BCUT2D eigenvalue weighted by Gasteiger charge is -2.56. The monoisotopic (exact) mass is 482 g/mol. The van der Waals surface area contributed by atoms with Crippen LogP contribution in [0.4, 0.5) is 5.95 Å². The zero-order valence-electron chi connectivity index (χ0n) is 21.0. The second-order valence-corrected chi connectivity index (χ2v) is 13.2. The van der Waals surface area contributed by atoms with Crippen molar-refractivity contribution < 1.29 is 8.42 Å². The van der Waals surface area contributed by atoms with E-state index in [0.29, 0.717) is 27.8 Å². The van der Waals surface area contributed by atoms with Crippen LogP contribution in [0.15, 0.2) is 34.7 Å². The van der Waals surface area contributed by atoms with Crippen LogP contribution in [0.25, 0.3) is 10.9 Å². The first-order valence-corrected chi connectivity index (χ1v) is 14.7. The molecule has 6 rings (SSSR count). The van der Waals surface area contributed by atoms with Crippen molar-refractivity contribution in [3.63, 3.8) is 0 Å². The number of fused-ring (bicyclic) bond motifs is 2. The number of aromatic nitrogens is 2. The van der Waals surface area contributed by atoms with Gasteiger partial charge in [0.2, 0.25) is 5.95 Å². The molecule has 34 heavy (non-hydrogen) atoms. The van der Waals surface area contributed by atoms with Crippen LogP contribution in [0.5, 0.6) is 0 Å². The molecule has 3 atom stereocenters. The van der Waals surface area contributed by atoms with Crippen LogP contribution in [-0.4, -0.2) is 50.3 Å². The molecule has 2 heterocycles. The van der Waals surface area contributed by atoms with Crippen molar-refractivity contribution in [2.75, 3.05) is 30.8 Å². The quantitative estimate of drug-likeness (QED) is 0.603. The Bertz CT molecular complexity index is 1220. The summed E-state index contributed by atoms with van der Waals surface area (Å²) in [7, 11) is -3.27. The maximum atomic E-state index is 12.0. The molecule has 1 aromatic heterocycles. The Balaban J connectivity index is 1.21. The molecule has 2 aromatic rings. The van der Waals surface area contributed by atoms with E-state index in [1.54, 1.807) is 17.7 Å². The molecule has 0 radical (unpaired) electrons. The number of allylic oxidation sites excluding steroid dienone is 1. The van der Waals surface area contributed by atoms with E-state index < -0.39 is 9.84 Å². The van der Waals surface area contributed by atoms with Gasteiger partial charge in [0, 0.05) is 30.8 Å². The average molecular weight is 483 g/mol. The third kappa shape index (κ3) is 4.49.